The first kappa shape index (κ1) is 13.0. The van der Waals surface area contributed by atoms with Crippen molar-refractivity contribution in [2.75, 3.05) is 7.11 Å². The molecule has 4 heteroatoms. The van der Waals surface area contributed by atoms with Crippen LogP contribution in [0.4, 0.5) is 0 Å². The van der Waals surface area contributed by atoms with Gasteiger partial charge in [0.05, 0.1) is 7.11 Å². The van der Waals surface area contributed by atoms with Crippen molar-refractivity contribution in [2.24, 2.45) is 0 Å². The Hall–Kier alpha value is -1.03. The number of carboxylic acids is 1. The molecular formula is C12H15BrO3. The quantitative estimate of drug-likeness (QED) is 0.904. The van der Waals surface area contributed by atoms with Gasteiger partial charge in [-0.15, -0.1) is 0 Å². The highest BCUT2D eigenvalue weighted by atomic mass is 79.9. The molecule has 0 unspecified atom stereocenters. The molecule has 3 nitrogen and oxygen atoms in total. The van der Waals surface area contributed by atoms with Gasteiger partial charge in [-0.2, -0.15) is 0 Å². The van der Waals surface area contributed by atoms with E-state index in [4.69, 9.17) is 9.84 Å². The zero-order valence-electron chi connectivity index (χ0n) is 9.42. The lowest BCUT2D eigenvalue weighted by Crippen LogP contribution is -2.00. The summed E-state index contributed by atoms with van der Waals surface area (Å²) in [7, 11) is 1.63. The summed E-state index contributed by atoms with van der Waals surface area (Å²) in [5.41, 5.74) is 2.20. The third-order valence-corrected chi connectivity index (χ3v) is 3.39. The molecule has 0 aliphatic heterocycles. The van der Waals surface area contributed by atoms with Crippen LogP contribution in [0.1, 0.15) is 24.0 Å². The van der Waals surface area contributed by atoms with Crippen LogP contribution in [0.3, 0.4) is 0 Å². The van der Waals surface area contributed by atoms with E-state index in [1.54, 1.807) is 7.11 Å². The summed E-state index contributed by atoms with van der Waals surface area (Å²) in [6, 6.07) is 3.84. The summed E-state index contributed by atoms with van der Waals surface area (Å²) in [6.07, 6.45) is 1.54. The van der Waals surface area contributed by atoms with Gasteiger partial charge in [-0.1, -0.05) is 15.9 Å². The summed E-state index contributed by atoms with van der Waals surface area (Å²) in [6.45, 7) is 2.00. The second kappa shape index (κ2) is 5.89. The Morgan fingerprint density at radius 2 is 2.19 bits per heavy atom. The van der Waals surface area contributed by atoms with Gasteiger partial charge >= 0.3 is 5.97 Å². The number of hydrogen-bond donors (Lipinski definition) is 1. The zero-order chi connectivity index (χ0) is 12.1. The van der Waals surface area contributed by atoms with E-state index in [1.807, 2.05) is 19.1 Å². The maximum atomic E-state index is 10.5. The Kier molecular flexibility index (Phi) is 4.80. The van der Waals surface area contributed by atoms with Gasteiger partial charge in [0.25, 0.3) is 0 Å². The SMILES string of the molecule is COc1ccc(Br)c(C)c1CCCC(=O)O. The molecule has 1 aromatic rings. The molecule has 0 aromatic heterocycles. The summed E-state index contributed by atoms with van der Waals surface area (Å²) in [5.74, 6) is 0.0673. The molecule has 0 bridgehead atoms. The molecule has 88 valence electrons. The molecule has 0 aliphatic rings. The van der Waals surface area contributed by atoms with Gasteiger partial charge < -0.3 is 9.84 Å². The summed E-state index contributed by atoms with van der Waals surface area (Å²) < 4.78 is 6.30. The van der Waals surface area contributed by atoms with E-state index >= 15 is 0 Å². The predicted molar refractivity (Wildman–Crippen MR) is 66.0 cm³/mol. The van der Waals surface area contributed by atoms with Gasteiger partial charge in [-0.05, 0) is 43.0 Å². The normalized spacial score (nSPS) is 10.2. The molecule has 0 radical (unpaired) electrons. The monoisotopic (exact) mass is 286 g/mol. The predicted octanol–water partition coefficient (Wildman–Crippen LogP) is 3.17. The van der Waals surface area contributed by atoms with Gasteiger partial charge in [0.15, 0.2) is 0 Å². The smallest absolute Gasteiger partial charge is 0.303 e. The number of rotatable bonds is 5. The lowest BCUT2D eigenvalue weighted by Gasteiger charge is -2.12. The zero-order valence-corrected chi connectivity index (χ0v) is 11.0. The lowest BCUT2D eigenvalue weighted by molar-refractivity contribution is -0.137. The molecule has 1 rings (SSSR count). The number of ether oxygens (including phenoxy) is 1. The average molecular weight is 287 g/mol. The average Bonchev–Trinajstić information content (AvgIpc) is 2.24. The minimum absolute atomic E-state index is 0.190. The van der Waals surface area contributed by atoms with Crippen LogP contribution in [-0.4, -0.2) is 18.2 Å². The molecule has 1 N–H and O–H groups in total. The van der Waals surface area contributed by atoms with E-state index in [1.165, 1.54) is 0 Å². The van der Waals surface area contributed by atoms with Gasteiger partial charge in [0, 0.05) is 10.9 Å². The second-order valence-corrected chi connectivity index (χ2v) is 4.45. The van der Waals surface area contributed by atoms with E-state index in [0.29, 0.717) is 6.42 Å². The van der Waals surface area contributed by atoms with E-state index in [0.717, 1.165) is 27.8 Å². The fourth-order valence-electron chi connectivity index (χ4n) is 1.62. The van der Waals surface area contributed by atoms with Crippen LogP contribution >= 0.6 is 15.9 Å². The van der Waals surface area contributed by atoms with Crippen molar-refractivity contribution >= 4 is 21.9 Å². The number of hydrogen-bond acceptors (Lipinski definition) is 2. The minimum atomic E-state index is -0.758. The summed E-state index contributed by atoms with van der Waals surface area (Å²) >= 11 is 3.46. The van der Waals surface area contributed by atoms with Crippen molar-refractivity contribution in [1.29, 1.82) is 0 Å². The van der Waals surface area contributed by atoms with Crippen molar-refractivity contribution in [3.63, 3.8) is 0 Å². The first-order valence-electron chi connectivity index (χ1n) is 5.10. The maximum Gasteiger partial charge on any atom is 0.303 e. The first-order valence-corrected chi connectivity index (χ1v) is 5.89. The van der Waals surface area contributed by atoms with E-state index < -0.39 is 5.97 Å². The number of carboxylic acid groups (broad SMARTS) is 1. The minimum Gasteiger partial charge on any atom is -0.496 e. The standard InChI is InChI=1S/C12H15BrO3/c1-8-9(4-3-5-12(14)15)11(16-2)7-6-10(8)13/h6-7H,3-5H2,1-2H3,(H,14,15). The number of methoxy groups -OCH3 is 1. The molecule has 0 saturated carbocycles. The van der Waals surface area contributed by atoms with Gasteiger partial charge in [0.2, 0.25) is 0 Å². The third-order valence-electron chi connectivity index (χ3n) is 2.53. The molecule has 0 spiro atoms. The number of benzene rings is 1. The topological polar surface area (TPSA) is 46.5 Å². The Morgan fingerprint density at radius 3 is 2.75 bits per heavy atom. The molecule has 0 amide bonds. The fraction of sp³-hybridized carbons (Fsp3) is 0.417. The van der Waals surface area contributed by atoms with Crippen LogP contribution < -0.4 is 4.74 Å². The van der Waals surface area contributed by atoms with Crippen molar-refractivity contribution in [3.05, 3.63) is 27.7 Å². The molecule has 0 atom stereocenters. The van der Waals surface area contributed by atoms with Crippen molar-refractivity contribution in [3.8, 4) is 5.75 Å². The van der Waals surface area contributed by atoms with Crippen molar-refractivity contribution in [2.45, 2.75) is 26.2 Å². The van der Waals surface area contributed by atoms with Crippen molar-refractivity contribution in [1.82, 2.24) is 0 Å². The third kappa shape index (κ3) is 3.23. The molecule has 0 fully saturated rings. The largest absolute Gasteiger partial charge is 0.496 e. The van der Waals surface area contributed by atoms with E-state index in [9.17, 15) is 4.79 Å². The van der Waals surface area contributed by atoms with Gasteiger partial charge in [-0.3, -0.25) is 4.79 Å². The van der Waals surface area contributed by atoms with Crippen LogP contribution in [0.5, 0.6) is 5.75 Å². The molecule has 1 aromatic carbocycles. The molecular weight excluding hydrogens is 272 g/mol. The van der Waals surface area contributed by atoms with Gasteiger partial charge in [0.1, 0.15) is 5.75 Å². The Morgan fingerprint density at radius 1 is 1.50 bits per heavy atom. The molecule has 16 heavy (non-hydrogen) atoms. The highest BCUT2D eigenvalue weighted by Gasteiger charge is 2.09. The summed E-state index contributed by atoms with van der Waals surface area (Å²) in [4.78, 5) is 10.5. The summed E-state index contributed by atoms with van der Waals surface area (Å²) in [5, 5.41) is 8.60. The molecule has 0 aliphatic carbocycles. The first-order chi connectivity index (χ1) is 7.56. The van der Waals surface area contributed by atoms with E-state index in [-0.39, 0.29) is 6.42 Å². The van der Waals surface area contributed by atoms with Crippen LogP contribution in [0.25, 0.3) is 0 Å². The number of halogens is 1. The number of aliphatic carboxylic acids is 1. The number of carbonyl (C=O) groups is 1. The Balaban J connectivity index is 2.83. The molecule has 0 saturated heterocycles. The van der Waals surface area contributed by atoms with Crippen LogP contribution in [0.15, 0.2) is 16.6 Å². The van der Waals surface area contributed by atoms with Crippen LogP contribution in [-0.2, 0) is 11.2 Å². The van der Waals surface area contributed by atoms with E-state index in [2.05, 4.69) is 15.9 Å². The Labute approximate surface area is 104 Å². The highest BCUT2D eigenvalue weighted by molar-refractivity contribution is 9.10. The molecule has 0 heterocycles. The maximum absolute atomic E-state index is 10.5. The van der Waals surface area contributed by atoms with Crippen LogP contribution in [0, 0.1) is 6.92 Å². The second-order valence-electron chi connectivity index (χ2n) is 3.60. The van der Waals surface area contributed by atoms with Crippen molar-refractivity contribution < 1.29 is 14.6 Å². The highest BCUT2D eigenvalue weighted by Crippen LogP contribution is 2.29. The van der Waals surface area contributed by atoms with Crippen LogP contribution in [0.2, 0.25) is 0 Å². The Bertz CT molecular complexity index is 388. The fourth-order valence-corrected chi connectivity index (χ4v) is 1.99. The lowest BCUT2D eigenvalue weighted by atomic mass is 10.0. The van der Waals surface area contributed by atoms with Gasteiger partial charge in [-0.25, -0.2) is 0 Å².